The van der Waals surface area contributed by atoms with Gasteiger partial charge >= 0.3 is 5.97 Å². The summed E-state index contributed by atoms with van der Waals surface area (Å²) >= 11 is 0. The van der Waals surface area contributed by atoms with E-state index in [9.17, 15) is 4.79 Å². The maximum Gasteiger partial charge on any atom is 0.325 e. The number of carbonyl (C=O) groups is 1. The average molecular weight is 335 g/mol. The minimum Gasteiger partial charge on any atom is -0.461 e. The molecule has 0 spiro atoms. The molecule has 0 radical (unpaired) electrons. The largest absolute Gasteiger partial charge is 0.461 e. The first-order valence-corrected chi connectivity index (χ1v) is 9.00. The van der Waals surface area contributed by atoms with Crippen molar-refractivity contribution < 1.29 is 14.3 Å². The first-order chi connectivity index (χ1) is 11.4. The van der Waals surface area contributed by atoms with Gasteiger partial charge in [0, 0.05) is 6.61 Å². The Morgan fingerprint density at radius 3 is 2.42 bits per heavy atom. The van der Waals surface area contributed by atoms with Gasteiger partial charge in [0.25, 0.3) is 0 Å². The summed E-state index contributed by atoms with van der Waals surface area (Å²) in [6.45, 7) is 9.40. The van der Waals surface area contributed by atoms with Crippen molar-refractivity contribution in [1.29, 1.82) is 0 Å². The van der Waals surface area contributed by atoms with Crippen LogP contribution in [0, 0.1) is 11.8 Å². The molecule has 1 aromatic rings. The van der Waals surface area contributed by atoms with Gasteiger partial charge in [-0.2, -0.15) is 0 Å². The average Bonchev–Trinajstić information content (AvgIpc) is 2.60. The lowest BCUT2D eigenvalue weighted by molar-refractivity contribution is -0.150. The number of esters is 1. The van der Waals surface area contributed by atoms with Crippen molar-refractivity contribution in [1.82, 2.24) is 0 Å². The molecule has 4 nitrogen and oxygen atoms in total. The third-order valence-electron chi connectivity index (χ3n) is 4.12. The van der Waals surface area contributed by atoms with Gasteiger partial charge in [-0.15, -0.1) is 0 Å². The Kier molecular flexibility index (Phi) is 9.65. The molecule has 0 amide bonds. The van der Waals surface area contributed by atoms with E-state index < -0.39 is 6.04 Å². The Morgan fingerprint density at radius 2 is 1.83 bits per heavy atom. The predicted molar refractivity (Wildman–Crippen MR) is 97.7 cm³/mol. The van der Waals surface area contributed by atoms with Crippen LogP contribution in [0.15, 0.2) is 30.3 Å². The molecule has 0 aromatic heterocycles. The summed E-state index contributed by atoms with van der Waals surface area (Å²) in [5.41, 5.74) is 6.95. The van der Waals surface area contributed by atoms with Gasteiger partial charge in [-0.1, -0.05) is 57.5 Å². The zero-order chi connectivity index (χ0) is 17.9. The van der Waals surface area contributed by atoms with Crippen LogP contribution in [0.25, 0.3) is 0 Å². The van der Waals surface area contributed by atoms with Crippen LogP contribution in [-0.4, -0.2) is 31.3 Å². The van der Waals surface area contributed by atoms with Crippen LogP contribution in [0.5, 0.6) is 0 Å². The SMILES string of the molecule is CC1CC(Cc2ccccc2)COC[C@H](N)C(=O)O1.CCC(C)C. The van der Waals surface area contributed by atoms with Crippen molar-refractivity contribution >= 4 is 5.97 Å². The number of hydrogen-bond donors (Lipinski definition) is 1. The van der Waals surface area contributed by atoms with Crippen molar-refractivity contribution in [2.24, 2.45) is 17.6 Å². The van der Waals surface area contributed by atoms with E-state index in [1.54, 1.807) is 0 Å². The Hall–Kier alpha value is -1.39. The molecule has 1 saturated heterocycles. The van der Waals surface area contributed by atoms with Crippen molar-refractivity contribution in [3.8, 4) is 0 Å². The van der Waals surface area contributed by atoms with Gasteiger partial charge in [0.1, 0.15) is 6.04 Å². The highest BCUT2D eigenvalue weighted by atomic mass is 16.5. The second kappa shape index (κ2) is 11.2. The first kappa shape index (κ1) is 20.7. The maximum absolute atomic E-state index is 11.6. The van der Waals surface area contributed by atoms with Gasteiger partial charge in [-0.3, -0.25) is 4.79 Å². The molecule has 0 bridgehead atoms. The first-order valence-electron chi connectivity index (χ1n) is 9.00. The van der Waals surface area contributed by atoms with E-state index >= 15 is 0 Å². The summed E-state index contributed by atoms with van der Waals surface area (Å²) in [6, 6.07) is 9.62. The topological polar surface area (TPSA) is 61.5 Å². The molecule has 1 aromatic carbocycles. The summed E-state index contributed by atoms with van der Waals surface area (Å²) in [5.74, 6) is 0.860. The highest BCUT2D eigenvalue weighted by molar-refractivity contribution is 5.75. The standard InChI is InChI=1S/C15H21NO3.C5H12/c1-11-7-13(8-12-5-3-2-4-6-12)9-18-10-14(16)15(17)19-11;1-4-5(2)3/h2-6,11,13-14H,7-10,16H2,1H3;5H,4H2,1-3H3/t11?,13?,14-;/m0./s1. The molecule has 3 atom stereocenters. The second-order valence-electron chi connectivity index (χ2n) is 6.99. The Morgan fingerprint density at radius 1 is 1.21 bits per heavy atom. The van der Waals surface area contributed by atoms with Crippen LogP contribution in [0.3, 0.4) is 0 Å². The number of benzene rings is 1. The summed E-state index contributed by atoms with van der Waals surface area (Å²) in [4.78, 5) is 11.6. The zero-order valence-corrected chi connectivity index (χ0v) is 15.5. The smallest absolute Gasteiger partial charge is 0.325 e. The lowest BCUT2D eigenvalue weighted by Gasteiger charge is -2.19. The van der Waals surface area contributed by atoms with Crippen molar-refractivity contribution in [3.63, 3.8) is 0 Å². The molecule has 1 fully saturated rings. The third-order valence-corrected chi connectivity index (χ3v) is 4.12. The van der Waals surface area contributed by atoms with Gasteiger partial charge < -0.3 is 15.2 Å². The molecular formula is C20H33NO3. The van der Waals surface area contributed by atoms with Crippen LogP contribution < -0.4 is 5.73 Å². The van der Waals surface area contributed by atoms with Crippen LogP contribution in [0.2, 0.25) is 0 Å². The molecule has 2 N–H and O–H groups in total. The monoisotopic (exact) mass is 335 g/mol. The predicted octanol–water partition coefficient (Wildman–Crippen LogP) is 3.58. The van der Waals surface area contributed by atoms with Crippen molar-refractivity contribution in [3.05, 3.63) is 35.9 Å². The van der Waals surface area contributed by atoms with E-state index in [-0.39, 0.29) is 18.7 Å². The van der Waals surface area contributed by atoms with Crippen LogP contribution in [0.4, 0.5) is 0 Å². The third kappa shape index (κ3) is 8.46. The molecule has 4 heteroatoms. The normalized spacial score (nSPS) is 24.9. The van der Waals surface area contributed by atoms with E-state index in [2.05, 4.69) is 32.9 Å². The van der Waals surface area contributed by atoms with Gasteiger partial charge in [0.05, 0.1) is 12.7 Å². The Balaban J connectivity index is 0.000000505. The van der Waals surface area contributed by atoms with E-state index in [1.807, 2.05) is 25.1 Å². The molecule has 0 saturated carbocycles. The minimum atomic E-state index is -0.669. The fourth-order valence-electron chi connectivity index (χ4n) is 2.39. The molecule has 0 aliphatic carbocycles. The fourth-order valence-corrected chi connectivity index (χ4v) is 2.39. The fraction of sp³-hybridized carbons (Fsp3) is 0.650. The molecular weight excluding hydrogens is 302 g/mol. The zero-order valence-electron chi connectivity index (χ0n) is 15.5. The number of ether oxygens (including phenoxy) is 2. The highest BCUT2D eigenvalue weighted by Crippen LogP contribution is 2.18. The lowest BCUT2D eigenvalue weighted by atomic mass is 9.95. The number of nitrogens with two attached hydrogens (primary N) is 1. The van der Waals surface area contributed by atoms with E-state index in [0.29, 0.717) is 12.5 Å². The number of rotatable bonds is 3. The van der Waals surface area contributed by atoms with Gasteiger partial charge in [-0.25, -0.2) is 0 Å². The molecule has 136 valence electrons. The van der Waals surface area contributed by atoms with Gasteiger partial charge in [0.2, 0.25) is 0 Å². The number of carbonyl (C=O) groups excluding carboxylic acids is 1. The number of hydrogen-bond acceptors (Lipinski definition) is 4. The van der Waals surface area contributed by atoms with Crippen molar-refractivity contribution in [2.45, 2.75) is 59.1 Å². The van der Waals surface area contributed by atoms with E-state index in [0.717, 1.165) is 18.8 Å². The molecule has 2 unspecified atom stereocenters. The summed E-state index contributed by atoms with van der Waals surface area (Å²) in [6.07, 6.45) is 2.92. The second-order valence-corrected chi connectivity index (χ2v) is 6.99. The van der Waals surface area contributed by atoms with Gasteiger partial charge in [0.15, 0.2) is 0 Å². The maximum atomic E-state index is 11.6. The molecule has 1 aliphatic heterocycles. The minimum absolute atomic E-state index is 0.117. The Labute approximate surface area is 146 Å². The molecule has 24 heavy (non-hydrogen) atoms. The summed E-state index contributed by atoms with van der Waals surface area (Å²) < 4.78 is 10.9. The van der Waals surface area contributed by atoms with E-state index in [4.69, 9.17) is 15.2 Å². The number of cyclic esters (lactones) is 1. The van der Waals surface area contributed by atoms with E-state index in [1.165, 1.54) is 12.0 Å². The quantitative estimate of drug-likeness (QED) is 0.858. The van der Waals surface area contributed by atoms with Crippen LogP contribution in [0.1, 0.15) is 46.1 Å². The Bertz CT molecular complexity index is 461. The molecule has 1 aliphatic rings. The molecule has 1 heterocycles. The lowest BCUT2D eigenvalue weighted by Crippen LogP contribution is -2.37. The van der Waals surface area contributed by atoms with Crippen LogP contribution in [-0.2, 0) is 20.7 Å². The van der Waals surface area contributed by atoms with Crippen molar-refractivity contribution in [2.75, 3.05) is 13.2 Å². The van der Waals surface area contributed by atoms with Crippen LogP contribution >= 0.6 is 0 Å². The summed E-state index contributed by atoms with van der Waals surface area (Å²) in [7, 11) is 0. The van der Waals surface area contributed by atoms with Gasteiger partial charge in [-0.05, 0) is 37.2 Å². The summed E-state index contributed by atoms with van der Waals surface area (Å²) in [5, 5.41) is 0. The molecule has 2 rings (SSSR count). The highest BCUT2D eigenvalue weighted by Gasteiger charge is 2.24.